The molecule has 0 saturated heterocycles. The van der Waals surface area contributed by atoms with Crippen LogP contribution in [-0.4, -0.2) is 11.2 Å². The van der Waals surface area contributed by atoms with Gasteiger partial charge < -0.3 is 5.11 Å². The minimum absolute atomic E-state index is 0.115. The standard InChI is InChI=1S/C20H32OS/c1-4-18(22-16(2)3)15-20(13-8-14-20)19(21)12-7-11-17-9-5-6-10-17/h4,7,11,17,19,21H,2,5-6,8-10,12-15H2,1,3H3/b11-7+,18-4-. The third-order valence-electron chi connectivity index (χ3n) is 5.38. The Hall–Kier alpha value is -0.470. The largest absolute Gasteiger partial charge is 0.392 e. The summed E-state index contributed by atoms with van der Waals surface area (Å²) in [7, 11) is 0. The molecule has 0 bridgehead atoms. The van der Waals surface area contributed by atoms with E-state index in [1.807, 2.05) is 0 Å². The van der Waals surface area contributed by atoms with Crippen LogP contribution in [0.2, 0.25) is 0 Å². The lowest BCUT2D eigenvalue weighted by atomic mass is 9.62. The molecule has 0 aromatic rings. The van der Waals surface area contributed by atoms with Crippen molar-refractivity contribution in [3.63, 3.8) is 0 Å². The fourth-order valence-corrected chi connectivity index (χ4v) is 4.75. The van der Waals surface area contributed by atoms with Crippen molar-refractivity contribution in [1.29, 1.82) is 0 Å². The zero-order chi connectivity index (χ0) is 16.0. The van der Waals surface area contributed by atoms with E-state index in [2.05, 4.69) is 38.7 Å². The number of aliphatic hydroxyl groups is 1. The number of aliphatic hydroxyl groups excluding tert-OH is 1. The first-order valence-electron chi connectivity index (χ1n) is 8.89. The summed E-state index contributed by atoms with van der Waals surface area (Å²) < 4.78 is 0. The summed E-state index contributed by atoms with van der Waals surface area (Å²) >= 11 is 1.77. The second-order valence-corrected chi connectivity index (χ2v) is 8.60. The van der Waals surface area contributed by atoms with E-state index in [0.717, 1.165) is 23.7 Å². The molecule has 0 aromatic heterocycles. The monoisotopic (exact) mass is 320 g/mol. The van der Waals surface area contributed by atoms with Crippen LogP contribution in [0.1, 0.15) is 71.6 Å². The highest BCUT2D eigenvalue weighted by Crippen LogP contribution is 2.51. The Morgan fingerprint density at radius 1 is 1.32 bits per heavy atom. The van der Waals surface area contributed by atoms with Crippen LogP contribution in [0.15, 0.2) is 34.6 Å². The van der Waals surface area contributed by atoms with Crippen LogP contribution in [0.5, 0.6) is 0 Å². The Morgan fingerprint density at radius 3 is 2.50 bits per heavy atom. The highest BCUT2D eigenvalue weighted by Gasteiger charge is 2.43. The van der Waals surface area contributed by atoms with Crippen LogP contribution in [0, 0.1) is 11.3 Å². The lowest BCUT2D eigenvalue weighted by molar-refractivity contribution is -0.0310. The molecular weight excluding hydrogens is 288 g/mol. The highest BCUT2D eigenvalue weighted by molar-refractivity contribution is 8.06. The lowest BCUT2D eigenvalue weighted by Crippen LogP contribution is -2.41. The number of thioether (sulfide) groups is 1. The summed E-state index contributed by atoms with van der Waals surface area (Å²) in [5.74, 6) is 0.773. The van der Waals surface area contributed by atoms with Crippen molar-refractivity contribution >= 4 is 11.8 Å². The molecule has 2 fully saturated rings. The quantitative estimate of drug-likeness (QED) is 0.536. The van der Waals surface area contributed by atoms with Crippen molar-refractivity contribution in [2.45, 2.75) is 77.7 Å². The Morgan fingerprint density at radius 2 is 2.00 bits per heavy atom. The molecule has 1 N–H and O–H groups in total. The summed E-state index contributed by atoms with van der Waals surface area (Å²) in [6.07, 6.45) is 17.5. The fraction of sp³-hybridized carbons (Fsp3) is 0.700. The highest BCUT2D eigenvalue weighted by atomic mass is 32.2. The maximum Gasteiger partial charge on any atom is 0.0634 e. The molecule has 2 heteroatoms. The molecule has 0 heterocycles. The SMILES string of the molecule is C=C(C)S/C(=C\C)CC1(C(O)C/C=C/C2CCCC2)CCC1. The second-order valence-electron chi connectivity index (χ2n) is 7.18. The van der Waals surface area contributed by atoms with Gasteiger partial charge in [-0.25, -0.2) is 0 Å². The number of allylic oxidation sites excluding steroid dienone is 4. The molecule has 0 spiro atoms. The summed E-state index contributed by atoms with van der Waals surface area (Å²) in [6.45, 7) is 8.16. The Balaban J connectivity index is 1.89. The molecule has 1 atom stereocenters. The van der Waals surface area contributed by atoms with Gasteiger partial charge in [0.15, 0.2) is 0 Å². The van der Waals surface area contributed by atoms with Crippen LogP contribution in [0.25, 0.3) is 0 Å². The summed E-state index contributed by atoms with van der Waals surface area (Å²) in [5.41, 5.74) is 0.115. The van der Waals surface area contributed by atoms with Gasteiger partial charge in [-0.2, -0.15) is 0 Å². The van der Waals surface area contributed by atoms with Gasteiger partial charge in [0.1, 0.15) is 0 Å². The van der Waals surface area contributed by atoms with Gasteiger partial charge in [0.05, 0.1) is 6.10 Å². The molecule has 2 aliphatic rings. The predicted octanol–water partition coefficient (Wildman–Crippen LogP) is 6.21. The van der Waals surface area contributed by atoms with Gasteiger partial charge >= 0.3 is 0 Å². The smallest absolute Gasteiger partial charge is 0.0634 e. The molecule has 1 nitrogen and oxygen atoms in total. The molecule has 124 valence electrons. The van der Waals surface area contributed by atoms with Gasteiger partial charge in [-0.15, -0.1) is 11.8 Å². The van der Waals surface area contributed by atoms with Gasteiger partial charge in [-0.1, -0.05) is 44.1 Å². The number of hydrogen-bond acceptors (Lipinski definition) is 2. The lowest BCUT2D eigenvalue weighted by Gasteiger charge is -2.46. The van der Waals surface area contributed by atoms with Crippen LogP contribution in [0.3, 0.4) is 0 Å². The molecule has 2 saturated carbocycles. The van der Waals surface area contributed by atoms with Gasteiger partial charge in [0.2, 0.25) is 0 Å². The van der Waals surface area contributed by atoms with Gasteiger partial charge in [-0.3, -0.25) is 0 Å². The molecule has 22 heavy (non-hydrogen) atoms. The molecule has 2 rings (SSSR count). The Kier molecular flexibility index (Phi) is 6.83. The van der Waals surface area contributed by atoms with E-state index in [1.54, 1.807) is 11.8 Å². The van der Waals surface area contributed by atoms with Crippen molar-refractivity contribution in [2.75, 3.05) is 0 Å². The van der Waals surface area contributed by atoms with E-state index in [-0.39, 0.29) is 11.5 Å². The molecule has 1 unspecified atom stereocenters. The van der Waals surface area contributed by atoms with E-state index >= 15 is 0 Å². The first-order valence-corrected chi connectivity index (χ1v) is 9.71. The summed E-state index contributed by atoms with van der Waals surface area (Å²) in [6, 6.07) is 0. The van der Waals surface area contributed by atoms with E-state index in [9.17, 15) is 5.11 Å². The van der Waals surface area contributed by atoms with Gasteiger partial charge in [-0.05, 0) is 68.1 Å². The number of rotatable bonds is 8. The zero-order valence-electron chi connectivity index (χ0n) is 14.3. The van der Waals surface area contributed by atoms with Crippen molar-refractivity contribution in [3.8, 4) is 0 Å². The van der Waals surface area contributed by atoms with E-state index in [4.69, 9.17) is 0 Å². The average molecular weight is 321 g/mol. The third-order valence-corrected chi connectivity index (χ3v) is 6.37. The first kappa shape index (κ1) is 17.9. The van der Waals surface area contributed by atoms with Crippen LogP contribution >= 0.6 is 11.8 Å². The second kappa shape index (κ2) is 8.40. The topological polar surface area (TPSA) is 20.2 Å². The molecule has 0 radical (unpaired) electrons. The van der Waals surface area contributed by atoms with E-state index < -0.39 is 0 Å². The molecule has 0 aromatic carbocycles. The minimum atomic E-state index is -0.195. The Labute approximate surface area is 141 Å². The Bertz CT molecular complexity index is 425. The van der Waals surface area contributed by atoms with Crippen molar-refractivity contribution in [3.05, 3.63) is 34.6 Å². The summed E-state index contributed by atoms with van der Waals surface area (Å²) in [5, 5.41) is 10.8. The van der Waals surface area contributed by atoms with Crippen LogP contribution in [-0.2, 0) is 0 Å². The fourth-order valence-electron chi connectivity index (χ4n) is 3.83. The molecular formula is C20H32OS. The number of hydrogen-bond donors (Lipinski definition) is 1. The van der Waals surface area contributed by atoms with Gasteiger partial charge in [0, 0.05) is 5.41 Å². The molecule has 0 aliphatic heterocycles. The van der Waals surface area contributed by atoms with Crippen molar-refractivity contribution in [2.24, 2.45) is 11.3 Å². The van der Waals surface area contributed by atoms with E-state index in [1.165, 1.54) is 49.9 Å². The van der Waals surface area contributed by atoms with Crippen LogP contribution < -0.4 is 0 Å². The molecule has 2 aliphatic carbocycles. The summed E-state index contributed by atoms with van der Waals surface area (Å²) in [4.78, 5) is 2.50. The zero-order valence-corrected chi connectivity index (χ0v) is 15.1. The predicted molar refractivity (Wildman–Crippen MR) is 98.8 cm³/mol. The maximum absolute atomic E-state index is 10.8. The van der Waals surface area contributed by atoms with Crippen molar-refractivity contribution < 1.29 is 5.11 Å². The minimum Gasteiger partial charge on any atom is -0.392 e. The average Bonchev–Trinajstić information content (AvgIpc) is 2.94. The maximum atomic E-state index is 10.8. The van der Waals surface area contributed by atoms with Crippen LogP contribution in [0.4, 0.5) is 0 Å². The van der Waals surface area contributed by atoms with Gasteiger partial charge in [0.25, 0.3) is 0 Å². The third kappa shape index (κ3) is 4.76. The normalized spacial score (nSPS) is 23.7. The van der Waals surface area contributed by atoms with Crippen molar-refractivity contribution in [1.82, 2.24) is 0 Å². The first-order chi connectivity index (χ1) is 10.6. The van der Waals surface area contributed by atoms with E-state index in [0.29, 0.717) is 0 Å². The molecule has 0 amide bonds.